The molecule has 1 aromatic rings. The van der Waals surface area contributed by atoms with Crippen molar-refractivity contribution in [2.75, 3.05) is 25.1 Å². The lowest BCUT2D eigenvalue weighted by Crippen LogP contribution is -2.24. The number of ether oxygens (including phenoxy) is 1. The van der Waals surface area contributed by atoms with Crippen LogP contribution in [-0.4, -0.2) is 36.4 Å². The molecule has 0 spiro atoms. The zero-order valence-corrected chi connectivity index (χ0v) is 9.76. The molecule has 1 saturated heterocycles. The molecule has 4 nitrogen and oxygen atoms in total. The van der Waals surface area contributed by atoms with Crippen LogP contribution < -0.4 is 9.64 Å². The third-order valence-electron chi connectivity index (χ3n) is 3.19. The predicted octanol–water partition coefficient (Wildman–Crippen LogP) is 1.30. The number of aliphatic hydroxyl groups excluding tert-OH is 1. The van der Waals surface area contributed by atoms with E-state index in [0.717, 1.165) is 31.1 Å². The van der Waals surface area contributed by atoms with Crippen LogP contribution in [0.4, 0.5) is 5.82 Å². The van der Waals surface area contributed by atoms with Crippen molar-refractivity contribution in [3.63, 3.8) is 0 Å². The summed E-state index contributed by atoms with van der Waals surface area (Å²) in [6, 6.07) is 3.88. The second-order valence-corrected chi connectivity index (χ2v) is 4.29. The Morgan fingerprint density at radius 1 is 1.56 bits per heavy atom. The molecule has 1 aromatic heterocycles. The molecular formula is C12H18N2O2. The van der Waals surface area contributed by atoms with Crippen LogP contribution in [0.25, 0.3) is 0 Å². The van der Waals surface area contributed by atoms with Crippen LogP contribution in [0.15, 0.2) is 18.3 Å². The second-order valence-electron chi connectivity index (χ2n) is 4.29. The van der Waals surface area contributed by atoms with Crippen LogP contribution in [0.2, 0.25) is 0 Å². The molecule has 0 aliphatic carbocycles. The highest BCUT2D eigenvalue weighted by Crippen LogP contribution is 2.25. The zero-order chi connectivity index (χ0) is 11.5. The molecule has 1 N–H and O–H groups in total. The SMILES string of the molecule is COc1ccc(N2CCC(C(C)O)C2)nc1. The Kier molecular flexibility index (Phi) is 3.29. The number of anilines is 1. The number of methoxy groups -OCH3 is 1. The minimum atomic E-state index is -0.233. The number of rotatable bonds is 3. The fraction of sp³-hybridized carbons (Fsp3) is 0.583. The van der Waals surface area contributed by atoms with Gasteiger partial charge in [-0.3, -0.25) is 0 Å². The summed E-state index contributed by atoms with van der Waals surface area (Å²) in [7, 11) is 1.63. The van der Waals surface area contributed by atoms with Gasteiger partial charge in [0.2, 0.25) is 0 Å². The third-order valence-corrected chi connectivity index (χ3v) is 3.19. The van der Waals surface area contributed by atoms with Crippen molar-refractivity contribution in [2.24, 2.45) is 5.92 Å². The van der Waals surface area contributed by atoms with E-state index in [-0.39, 0.29) is 6.10 Å². The van der Waals surface area contributed by atoms with Crippen LogP contribution in [0, 0.1) is 5.92 Å². The van der Waals surface area contributed by atoms with Crippen molar-refractivity contribution in [3.8, 4) is 5.75 Å². The van der Waals surface area contributed by atoms with Gasteiger partial charge in [0.25, 0.3) is 0 Å². The Morgan fingerprint density at radius 3 is 2.88 bits per heavy atom. The molecule has 0 aromatic carbocycles. The fourth-order valence-electron chi connectivity index (χ4n) is 2.07. The standard InChI is InChI=1S/C12H18N2O2/c1-9(15)10-5-6-14(8-10)12-4-3-11(16-2)7-13-12/h3-4,7,9-10,15H,5-6,8H2,1-2H3. The average molecular weight is 222 g/mol. The highest BCUT2D eigenvalue weighted by molar-refractivity contribution is 5.41. The normalized spacial score (nSPS) is 22.2. The summed E-state index contributed by atoms with van der Waals surface area (Å²) in [6.07, 6.45) is 2.53. The maximum atomic E-state index is 9.53. The van der Waals surface area contributed by atoms with Crippen LogP contribution in [0.1, 0.15) is 13.3 Å². The molecule has 2 atom stereocenters. The summed E-state index contributed by atoms with van der Waals surface area (Å²) in [4.78, 5) is 6.55. The van der Waals surface area contributed by atoms with Crippen LogP contribution in [0.5, 0.6) is 5.75 Å². The monoisotopic (exact) mass is 222 g/mol. The van der Waals surface area contributed by atoms with Crippen molar-refractivity contribution >= 4 is 5.82 Å². The molecule has 0 radical (unpaired) electrons. The maximum Gasteiger partial charge on any atom is 0.137 e. The number of hydrogen-bond donors (Lipinski definition) is 1. The molecule has 2 heterocycles. The Labute approximate surface area is 95.9 Å². The van der Waals surface area contributed by atoms with Gasteiger partial charge in [-0.25, -0.2) is 4.98 Å². The predicted molar refractivity (Wildman–Crippen MR) is 62.8 cm³/mol. The lowest BCUT2D eigenvalue weighted by atomic mass is 10.0. The Bertz CT molecular complexity index is 337. The van der Waals surface area contributed by atoms with E-state index in [1.807, 2.05) is 19.1 Å². The molecule has 2 rings (SSSR count). The molecule has 0 saturated carbocycles. The summed E-state index contributed by atoms with van der Waals surface area (Å²) in [5.74, 6) is 2.10. The van der Waals surface area contributed by atoms with Gasteiger partial charge in [0.1, 0.15) is 11.6 Å². The van der Waals surface area contributed by atoms with E-state index in [4.69, 9.17) is 4.74 Å². The maximum absolute atomic E-state index is 9.53. The van der Waals surface area contributed by atoms with Gasteiger partial charge in [0.05, 0.1) is 19.4 Å². The summed E-state index contributed by atoms with van der Waals surface area (Å²) < 4.78 is 5.07. The van der Waals surface area contributed by atoms with E-state index < -0.39 is 0 Å². The molecule has 2 unspecified atom stereocenters. The zero-order valence-electron chi connectivity index (χ0n) is 9.76. The molecule has 4 heteroatoms. The first-order valence-corrected chi connectivity index (χ1v) is 5.63. The minimum absolute atomic E-state index is 0.233. The summed E-state index contributed by atoms with van der Waals surface area (Å²) in [6.45, 7) is 3.71. The van der Waals surface area contributed by atoms with E-state index in [0.29, 0.717) is 5.92 Å². The Morgan fingerprint density at radius 2 is 2.38 bits per heavy atom. The quantitative estimate of drug-likeness (QED) is 0.837. The molecule has 1 fully saturated rings. The van der Waals surface area contributed by atoms with Gasteiger partial charge in [-0.2, -0.15) is 0 Å². The highest BCUT2D eigenvalue weighted by atomic mass is 16.5. The molecule has 16 heavy (non-hydrogen) atoms. The number of aromatic nitrogens is 1. The molecule has 1 aliphatic heterocycles. The van der Waals surface area contributed by atoms with Gasteiger partial charge >= 0.3 is 0 Å². The number of hydrogen-bond acceptors (Lipinski definition) is 4. The molecule has 0 amide bonds. The fourth-order valence-corrected chi connectivity index (χ4v) is 2.07. The minimum Gasteiger partial charge on any atom is -0.495 e. The van der Waals surface area contributed by atoms with E-state index in [9.17, 15) is 5.11 Å². The summed E-state index contributed by atoms with van der Waals surface area (Å²) in [5, 5.41) is 9.53. The number of nitrogens with zero attached hydrogens (tertiary/aromatic N) is 2. The second kappa shape index (κ2) is 4.70. The van der Waals surface area contributed by atoms with Gasteiger partial charge in [-0.15, -0.1) is 0 Å². The first kappa shape index (κ1) is 11.2. The third kappa shape index (κ3) is 2.27. The smallest absolute Gasteiger partial charge is 0.137 e. The molecule has 0 bridgehead atoms. The molecular weight excluding hydrogens is 204 g/mol. The lowest BCUT2D eigenvalue weighted by molar-refractivity contribution is 0.136. The van der Waals surface area contributed by atoms with Gasteiger partial charge < -0.3 is 14.7 Å². The van der Waals surface area contributed by atoms with Gasteiger partial charge in [0, 0.05) is 19.0 Å². The van der Waals surface area contributed by atoms with Crippen molar-refractivity contribution in [3.05, 3.63) is 18.3 Å². The summed E-state index contributed by atoms with van der Waals surface area (Å²) in [5.41, 5.74) is 0. The van der Waals surface area contributed by atoms with Crippen LogP contribution in [-0.2, 0) is 0 Å². The highest BCUT2D eigenvalue weighted by Gasteiger charge is 2.26. The number of aliphatic hydroxyl groups is 1. The topological polar surface area (TPSA) is 45.6 Å². The van der Waals surface area contributed by atoms with Crippen molar-refractivity contribution in [1.82, 2.24) is 4.98 Å². The summed E-state index contributed by atoms with van der Waals surface area (Å²) >= 11 is 0. The number of pyridine rings is 1. The van der Waals surface area contributed by atoms with E-state index >= 15 is 0 Å². The van der Waals surface area contributed by atoms with Crippen molar-refractivity contribution < 1.29 is 9.84 Å². The average Bonchev–Trinajstić information content (AvgIpc) is 2.78. The Balaban J connectivity index is 2.03. The van der Waals surface area contributed by atoms with Crippen molar-refractivity contribution in [2.45, 2.75) is 19.4 Å². The largest absolute Gasteiger partial charge is 0.495 e. The first-order chi connectivity index (χ1) is 7.70. The van der Waals surface area contributed by atoms with E-state index in [1.165, 1.54) is 0 Å². The van der Waals surface area contributed by atoms with Gasteiger partial charge in [-0.1, -0.05) is 0 Å². The first-order valence-electron chi connectivity index (χ1n) is 5.63. The Hall–Kier alpha value is -1.29. The van der Waals surface area contributed by atoms with Crippen molar-refractivity contribution in [1.29, 1.82) is 0 Å². The molecule has 88 valence electrons. The molecule has 1 aliphatic rings. The van der Waals surface area contributed by atoms with Crippen LogP contribution in [0.3, 0.4) is 0 Å². The lowest BCUT2D eigenvalue weighted by Gasteiger charge is -2.18. The van der Waals surface area contributed by atoms with Gasteiger partial charge in [-0.05, 0) is 25.5 Å². The van der Waals surface area contributed by atoms with Gasteiger partial charge in [0.15, 0.2) is 0 Å². The van der Waals surface area contributed by atoms with E-state index in [1.54, 1.807) is 13.3 Å². The van der Waals surface area contributed by atoms with Crippen LogP contribution >= 0.6 is 0 Å². The van der Waals surface area contributed by atoms with E-state index in [2.05, 4.69) is 9.88 Å².